The number of ketones is 1. The molecule has 0 unspecified atom stereocenters. The summed E-state index contributed by atoms with van der Waals surface area (Å²) < 4.78 is 0. The minimum absolute atomic E-state index is 0.0691. The number of nitrogens with one attached hydrogen (secondary N) is 1. The number of piperidine rings is 1. The zero-order valence-electron chi connectivity index (χ0n) is 12.9. The fourth-order valence-corrected chi connectivity index (χ4v) is 3.75. The Labute approximate surface area is 134 Å². The summed E-state index contributed by atoms with van der Waals surface area (Å²) in [5.41, 5.74) is 3.55. The Balaban J connectivity index is 1.50. The molecular formula is C18H19N3O2. The number of likely N-dealkylation sites (tertiary alicyclic amines) is 1. The van der Waals surface area contributed by atoms with Gasteiger partial charge in [0.1, 0.15) is 0 Å². The number of carbonyl (C=O) groups is 2. The molecule has 1 aromatic carbocycles. The molecule has 1 N–H and O–H groups in total. The van der Waals surface area contributed by atoms with E-state index in [1.54, 1.807) is 6.20 Å². The van der Waals surface area contributed by atoms with Gasteiger partial charge < -0.3 is 4.90 Å². The summed E-state index contributed by atoms with van der Waals surface area (Å²) in [6.07, 6.45) is 4.89. The standard InChI is InChI=1S/C18H19N3O2/c22-17-5-4-13-14(17)2-1-3-15(13)18(23)21-10-7-12(8-11-21)16-6-9-19-20-16/h1-3,6,9,12H,4-5,7-8,10-11H2,(H,19,20). The van der Waals surface area contributed by atoms with Gasteiger partial charge >= 0.3 is 0 Å². The molecule has 2 aliphatic rings. The first kappa shape index (κ1) is 14.2. The predicted octanol–water partition coefficient (Wildman–Crippen LogP) is 2.56. The van der Waals surface area contributed by atoms with Crippen LogP contribution in [0.15, 0.2) is 30.5 Å². The number of H-pyrrole nitrogens is 1. The van der Waals surface area contributed by atoms with Gasteiger partial charge in [-0.05, 0) is 37.0 Å². The predicted molar refractivity (Wildman–Crippen MR) is 85.6 cm³/mol. The van der Waals surface area contributed by atoms with E-state index < -0.39 is 0 Å². The van der Waals surface area contributed by atoms with Gasteiger partial charge in [-0.2, -0.15) is 5.10 Å². The van der Waals surface area contributed by atoms with Crippen molar-refractivity contribution in [2.75, 3.05) is 13.1 Å². The van der Waals surface area contributed by atoms with E-state index in [2.05, 4.69) is 10.2 Å². The third kappa shape index (κ3) is 2.46. The number of rotatable bonds is 2. The maximum atomic E-state index is 12.9. The SMILES string of the molecule is O=C1CCc2c1cccc2C(=O)N1CCC(c2ccn[nH]2)CC1. The lowest BCUT2D eigenvalue weighted by Gasteiger charge is -2.32. The third-order valence-corrected chi connectivity index (χ3v) is 5.05. The van der Waals surface area contributed by atoms with Crippen molar-refractivity contribution in [1.82, 2.24) is 15.1 Å². The number of carbonyl (C=O) groups excluding carboxylic acids is 2. The summed E-state index contributed by atoms with van der Waals surface area (Å²) in [4.78, 5) is 26.6. The Morgan fingerprint density at radius 3 is 2.74 bits per heavy atom. The van der Waals surface area contributed by atoms with Crippen LogP contribution in [0.25, 0.3) is 0 Å². The van der Waals surface area contributed by atoms with Gasteiger partial charge in [0.15, 0.2) is 5.78 Å². The third-order valence-electron chi connectivity index (χ3n) is 5.05. The summed E-state index contributed by atoms with van der Waals surface area (Å²) in [6.45, 7) is 1.50. The minimum Gasteiger partial charge on any atom is -0.339 e. The Morgan fingerprint density at radius 1 is 1.17 bits per heavy atom. The maximum Gasteiger partial charge on any atom is 0.254 e. The van der Waals surface area contributed by atoms with Gasteiger partial charge in [-0.1, -0.05) is 12.1 Å². The van der Waals surface area contributed by atoms with Gasteiger partial charge in [0.25, 0.3) is 5.91 Å². The van der Waals surface area contributed by atoms with Crippen LogP contribution in [-0.4, -0.2) is 39.9 Å². The van der Waals surface area contributed by atoms with Crippen molar-refractivity contribution in [3.8, 4) is 0 Å². The lowest BCUT2D eigenvalue weighted by molar-refractivity contribution is 0.0711. The smallest absolute Gasteiger partial charge is 0.254 e. The lowest BCUT2D eigenvalue weighted by atomic mass is 9.93. The van der Waals surface area contributed by atoms with Gasteiger partial charge in [0, 0.05) is 48.4 Å². The van der Waals surface area contributed by atoms with Crippen LogP contribution in [0.2, 0.25) is 0 Å². The molecule has 1 aliphatic heterocycles. The average molecular weight is 309 g/mol. The normalized spacial score (nSPS) is 18.3. The van der Waals surface area contributed by atoms with Crippen molar-refractivity contribution in [3.05, 3.63) is 52.8 Å². The van der Waals surface area contributed by atoms with Gasteiger partial charge in [0.05, 0.1) is 0 Å². The van der Waals surface area contributed by atoms with Crippen LogP contribution in [0.3, 0.4) is 0 Å². The summed E-state index contributed by atoms with van der Waals surface area (Å²) >= 11 is 0. The Hall–Kier alpha value is -2.43. The molecule has 0 atom stereocenters. The summed E-state index contributed by atoms with van der Waals surface area (Å²) in [5, 5.41) is 7.04. The Bertz CT molecular complexity index is 744. The van der Waals surface area contributed by atoms with Crippen LogP contribution in [-0.2, 0) is 6.42 Å². The van der Waals surface area contributed by atoms with Gasteiger partial charge in [-0.3, -0.25) is 14.7 Å². The molecule has 5 heteroatoms. The number of aromatic nitrogens is 2. The number of benzene rings is 1. The van der Waals surface area contributed by atoms with Crippen molar-refractivity contribution in [1.29, 1.82) is 0 Å². The first-order valence-electron chi connectivity index (χ1n) is 8.17. The highest BCUT2D eigenvalue weighted by atomic mass is 16.2. The number of fused-ring (bicyclic) bond motifs is 1. The fourth-order valence-electron chi connectivity index (χ4n) is 3.75. The van der Waals surface area contributed by atoms with Crippen LogP contribution in [0, 0.1) is 0 Å². The molecule has 0 spiro atoms. The Kier molecular flexibility index (Phi) is 3.48. The van der Waals surface area contributed by atoms with Crippen LogP contribution >= 0.6 is 0 Å². The van der Waals surface area contributed by atoms with E-state index >= 15 is 0 Å². The van der Waals surface area contributed by atoms with Crippen molar-refractivity contribution in [2.24, 2.45) is 0 Å². The zero-order chi connectivity index (χ0) is 15.8. The Morgan fingerprint density at radius 2 is 2.00 bits per heavy atom. The lowest BCUT2D eigenvalue weighted by Crippen LogP contribution is -2.38. The topological polar surface area (TPSA) is 66.1 Å². The summed E-state index contributed by atoms with van der Waals surface area (Å²) in [6, 6.07) is 7.54. The number of hydrogen-bond acceptors (Lipinski definition) is 3. The molecule has 2 aromatic rings. The number of hydrogen-bond donors (Lipinski definition) is 1. The number of aromatic amines is 1. The number of amides is 1. The highest BCUT2D eigenvalue weighted by molar-refractivity contribution is 6.05. The molecule has 5 nitrogen and oxygen atoms in total. The molecule has 0 bridgehead atoms. The zero-order valence-corrected chi connectivity index (χ0v) is 12.9. The average Bonchev–Trinajstić information content (AvgIpc) is 3.25. The monoisotopic (exact) mass is 309 g/mol. The van der Waals surface area contributed by atoms with E-state index in [1.807, 2.05) is 29.2 Å². The van der Waals surface area contributed by atoms with E-state index in [4.69, 9.17) is 0 Å². The minimum atomic E-state index is 0.0691. The van der Waals surface area contributed by atoms with Crippen molar-refractivity contribution in [3.63, 3.8) is 0 Å². The number of nitrogens with zero attached hydrogens (tertiary/aromatic N) is 2. The fraction of sp³-hybridized carbons (Fsp3) is 0.389. The van der Waals surface area contributed by atoms with Crippen LogP contribution in [0.1, 0.15) is 57.2 Å². The van der Waals surface area contributed by atoms with Gasteiger partial charge in [0.2, 0.25) is 0 Å². The second-order valence-corrected chi connectivity index (χ2v) is 6.33. The molecule has 23 heavy (non-hydrogen) atoms. The maximum absolute atomic E-state index is 12.9. The van der Waals surface area contributed by atoms with Crippen LogP contribution < -0.4 is 0 Å². The molecule has 4 rings (SSSR count). The molecule has 1 fully saturated rings. The molecule has 1 aliphatic carbocycles. The molecular weight excluding hydrogens is 290 g/mol. The summed E-state index contributed by atoms with van der Waals surface area (Å²) in [7, 11) is 0. The highest BCUT2D eigenvalue weighted by Gasteiger charge is 2.29. The second kappa shape index (κ2) is 5.65. The van der Waals surface area contributed by atoms with Crippen LogP contribution in [0.4, 0.5) is 0 Å². The van der Waals surface area contributed by atoms with Gasteiger partial charge in [-0.15, -0.1) is 0 Å². The van der Waals surface area contributed by atoms with Crippen molar-refractivity contribution >= 4 is 11.7 Å². The summed E-state index contributed by atoms with van der Waals surface area (Å²) in [5.74, 6) is 0.678. The molecule has 2 heterocycles. The quantitative estimate of drug-likeness (QED) is 0.927. The van der Waals surface area contributed by atoms with Gasteiger partial charge in [-0.25, -0.2) is 0 Å². The molecule has 1 saturated heterocycles. The van der Waals surface area contributed by atoms with Crippen molar-refractivity contribution < 1.29 is 9.59 Å². The van der Waals surface area contributed by atoms with E-state index in [1.165, 1.54) is 0 Å². The first-order chi connectivity index (χ1) is 11.2. The molecule has 118 valence electrons. The van der Waals surface area contributed by atoms with E-state index in [9.17, 15) is 9.59 Å². The number of Topliss-reactive ketones (excluding diaryl/α,β-unsaturated/α-hetero) is 1. The second-order valence-electron chi connectivity index (χ2n) is 6.33. The molecule has 1 aromatic heterocycles. The van der Waals surface area contributed by atoms with E-state index in [0.29, 0.717) is 24.3 Å². The van der Waals surface area contributed by atoms with Crippen LogP contribution in [0.5, 0.6) is 0 Å². The first-order valence-corrected chi connectivity index (χ1v) is 8.17. The molecule has 0 radical (unpaired) electrons. The van der Waals surface area contributed by atoms with E-state index in [-0.39, 0.29) is 11.7 Å². The van der Waals surface area contributed by atoms with E-state index in [0.717, 1.165) is 42.8 Å². The van der Waals surface area contributed by atoms with Crippen molar-refractivity contribution in [2.45, 2.75) is 31.6 Å². The molecule has 1 amide bonds. The highest BCUT2D eigenvalue weighted by Crippen LogP contribution is 2.30. The largest absolute Gasteiger partial charge is 0.339 e. The molecule has 0 saturated carbocycles.